The predicted molar refractivity (Wildman–Crippen MR) is 87.3 cm³/mol. The first-order valence-corrected chi connectivity index (χ1v) is 9.43. The lowest BCUT2D eigenvalue weighted by Crippen LogP contribution is -2.37. The molecule has 2 N–H and O–H groups in total. The van der Waals surface area contributed by atoms with E-state index < -0.39 is 4.08 Å². The van der Waals surface area contributed by atoms with E-state index in [2.05, 4.69) is 6.92 Å². The molecule has 1 aliphatic heterocycles. The molecule has 1 saturated heterocycles. The van der Waals surface area contributed by atoms with E-state index in [1.54, 1.807) is 0 Å². The Morgan fingerprint density at radius 2 is 1.71 bits per heavy atom. The van der Waals surface area contributed by atoms with Crippen LogP contribution in [0.15, 0.2) is 0 Å². The van der Waals surface area contributed by atoms with Gasteiger partial charge in [-0.1, -0.05) is 26.2 Å². The number of unbranched alkanes of at least 4 members (excludes halogenated alkanes) is 3. The molecule has 1 rings (SSSR count). The maximum absolute atomic E-state index is 12.6. The lowest BCUT2D eigenvalue weighted by Gasteiger charge is -2.25. The van der Waals surface area contributed by atoms with Gasteiger partial charge in [0.15, 0.2) is 0 Å². The summed E-state index contributed by atoms with van der Waals surface area (Å²) in [5, 5.41) is 18.0. The van der Waals surface area contributed by atoms with Gasteiger partial charge in [0.25, 0.3) is 5.91 Å². The Kier molecular flexibility index (Phi) is 8.70. The summed E-state index contributed by atoms with van der Waals surface area (Å²) < 4.78 is -0.854. The Balaban J connectivity index is 2.67. The molecule has 122 valence electrons. The molecule has 0 bridgehead atoms. The lowest BCUT2D eigenvalue weighted by atomic mass is 10.2. The number of thioether (sulfide) groups is 2. The van der Waals surface area contributed by atoms with Crippen molar-refractivity contribution in [3.8, 4) is 0 Å². The van der Waals surface area contributed by atoms with Crippen LogP contribution in [0, 0.1) is 0 Å². The number of rotatable bonds is 11. The van der Waals surface area contributed by atoms with Crippen molar-refractivity contribution in [3.63, 3.8) is 0 Å². The van der Waals surface area contributed by atoms with Gasteiger partial charge >= 0.3 is 0 Å². The molecule has 1 fully saturated rings. The van der Waals surface area contributed by atoms with Crippen LogP contribution >= 0.6 is 23.5 Å². The number of imide groups is 1. The average Bonchev–Trinajstić information content (AvgIpc) is 2.71. The van der Waals surface area contributed by atoms with Crippen LogP contribution < -0.4 is 0 Å². The van der Waals surface area contributed by atoms with Crippen LogP contribution in [0.4, 0.5) is 0 Å². The summed E-state index contributed by atoms with van der Waals surface area (Å²) in [6, 6.07) is 0. The van der Waals surface area contributed by atoms with E-state index in [1.807, 2.05) is 0 Å². The summed E-state index contributed by atoms with van der Waals surface area (Å²) in [6.45, 7) is 2.56. The van der Waals surface area contributed by atoms with Gasteiger partial charge in [0.1, 0.15) is 4.08 Å². The number of amides is 2. The molecule has 0 aromatic carbocycles. The molecule has 0 spiro atoms. The number of carbonyl (C=O) groups is 2. The lowest BCUT2D eigenvalue weighted by molar-refractivity contribution is -0.138. The minimum absolute atomic E-state index is 0.0237. The largest absolute Gasteiger partial charge is 0.396 e. The summed E-state index contributed by atoms with van der Waals surface area (Å²) in [4.78, 5) is 26.1. The molecule has 2 amide bonds. The van der Waals surface area contributed by atoms with E-state index in [0.717, 1.165) is 25.7 Å². The van der Waals surface area contributed by atoms with Crippen molar-refractivity contribution < 1.29 is 19.8 Å². The fourth-order valence-electron chi connectivity index (χ4n) is 2.30. The molecule has 0 saturated carbocycles. The molecule has 1 aliphatic rings. The Morgan fingerprint density at radius 3 is 2.24 bits per heavy atom. The second-order valence-electron chi connectivity index (χ2n) is 4.99. The molecule has 0 atom stereocenters. The number of nitrogens with zero attached hydrogens (tertiary/aromatic N) is 1. The van der Waals surface area contributed by atoms with E-state index >= 15 is 0 Å². The van der Waals surface area contributed by atoms with Crippen molar-refractivity contribution in [1.29, 1.82) is 0 Å². The van der Waals surface area contributed by atoms with Crippen LogP contribution in [-0.2, 0) is 9.59 Å². The predicted octanol–water partition coefficient (Wildman–Crippen LogP) is 1.47. The average molecular weight is 335 g/mol. The fraction of sp³-hybridized carbons (Fsp3) is 0.857. The van der Waals surface area contributed by atoms with Crippen LogP contribution in [0.5, 0.6) is 0 Å². The fourth-order valence-corrected chi connectivity index (χ4v) is 4.89. The number of hydrogen-bond donors (Lipinski definition) is 2. The normalized spacial score (nSPS) is 17.8. The number of likely N-dealkylation sites (tertiary alicyclic amines) is 1. The summed E-state index contributed by atoms with van der Waals surface area (Å²) in [6.07, 6.45) is 4.25. The van der Waals surface area contributed by atoms with Crippen LogP contribution in [0.2, 0.25) is 0 Å². The highest BCUT2D eigenvalue weighted by molar-refractivity contribution is 8.19. The smallest absolute Gasteiger partial charge is 0.256 e. The zero-order chi connectivity index (χ0) is 15.7. The molecule has 5 nitrogen and oxygen atoms in total. The van der Waals surface area contributed by atoms with Crippen LogP contribution in [-0.4, -0.2) is 62.3 Å². The quantitative estimate of drug-likeness (QED) is 0.338. The maximum atomic E-state index is 12.6. The topological polar surface area (TPSA) is 77.8 Å². The summed E-state index contributed by atoms with van der Waals surface area (Å²) in [5.41, 5.74) is 0. The van der Waals surface area contributed by atoms with Crippen molar-refractivity contribution in [2.24, 2.45) is 0 Å². The molecule has 0 aliphatic carbocycles. The molecular formula is C14H25NO4S2. The Labute approximate surface area is 134 Å². The van der Waals surface area contributed by atoms with Crippen LogP contribution in [0.1, 0.15) is 39.0 Å². The van der Waals surface area contributed by atoms with Gasteiger partial charge in [0.05, 0.1) is 19.6 Å². The molecule has 0 unspecified atom stereocenters. The minimum Gasteiger partial charge on any atom is -0.396 e. The second-order valence-corrected chi connectivity index (χ2v) is 8.03. The third-order valence-electron chi connectivity index (χ3n) is 3.34. The Hall–Kier alpha value is -0.240. The van der Waals surface area contributed by atoms with E-state index in [4.69, 9.17) is 10.2 Å². The molecule has 0 radical (unpaired) electrons. The summed E-state index contributed by atoms with van der Waals surface area (Å²) >= 11 is 2.64. The number of aliphatic hydroxyl groups excluding tert-OH is 2. The Bertz CT molecular complexity index is 344. The Morgan fingerprint density at radius 1 is 1.10 bits per heavy atom. The van der Waals surface area contributed by atoms with Crippen molar-refractivity contribution in [3.05, 3.63) is 0 Å². The van der Waals surface area contributed by atoms with Gasteiger partial charge in [-0.05, 0) is 6.42 Å². The van der Waals surface area contributed by atoms with E-state index in [-0.39, 0.29) is 31.4 Å². The minimum atomic E-state index is -0.854. The molecule has 0 aromatic rings. The van der Waals surface area contributed by atoms with Gasteiger partial charge in [0, 0.05) is 18.1 Å². The first-order chi connectivity index (χ1) is 10.1. The highest BCUT2D eigenvalue weighted by Crippen LogP contribution is 2.46. The summed E-state index contributed by atoms with van der Waals surface area (Å²) in [5.74, 6) is 0.538. The number of hydrogen-bond acceptors (Lipinski definition) is 6. The van der Waals surface area contributed by atoms with Gasteiger partial charge < -0.3 is 10.2 Å². The van der Waals surface area contributed by atoms with E-state index in [9.17, 15) is 9.59 Å². The maximum Gasteiger partial charge on any atom is 0.256 e. The standard InChI is InChI=1S/C14H25NO4S2/c1-2-3-4-5-6-15-12(18)11-14(13(15)19,20-9-7-16)21-10-8-17/h16-17H,2-11H2,1H3. The van der Waals surface area contributed by atoms with Gasteiger partial charge in [-0.2, -0.15) is 0 Å². The van der Waals surface area contributed by atoms with Gasteiger partial charge in [-0.15, -0.1) is 23.5 Å². The number of aliphatic hydroxyl groups is 2. The highest BCUT2D eigenvalue weighted by atomic mass is 32.2. The third kappa shape index (κ3) is 5.16. The summed E-state index contributed by atoms with van der Waals surface area (Å²) in [7, 11) is 0. The molecule has 21 heavy (non-hydrogen) atoms. The van der Waals surface area contributed by atoms with Crippen molar-refractivity contribution in [1.82, 2.24) is 4.90 Å². The zero-order valence-electron chi connectivity index (χ0n) is 12.5. The monoisotopic (exact) mass is 335 g/mol. The first-order valence-electron chi connectivity index (χ1n) is 7.45. The van der Waals surface area contributed by atoms with Gasteiger partial charge in [-0.25, -0.2) is 0 Å². The van der Waals surface area contributed by atoms with E-state index in [1.165, 1.54) is 28.4 Å². The SMILES string of the molecule is CCCCCCN1C(=O)CC(SCCO)(SCCO)C1=O. The first kappa shape index (κ1) is 18.8. The second kappa shape index (κ2) is 9.71. The molecule has 7 heteroatoms. The third-order valence-corrected chi connectivity index (χ3v) is 6.40. The van der Waals surface area contributed by atoms with Crippen molar-refractivity contribution >= 4 is 35.3 Å². The van der Waals surface area contributed by atoms with Crippen molar-refractivity contribution in [2.45, 2.75) is 43.1 Å². The van der Waals surface area contributed by atoms with E-state index in [0.29, 0.717) is 18.1 Å². The molecular weight excluding hydrogens is 310 g/mol. The molecule has 1 heterocycles. The molecule has 0 aromatic heterocycles. The van der Waals surface area contributed by atoms with Crippen LogP contribution in [0.3, 0.4) is 0 Å². The van der Waals surface area contributed by atoms with Gasteiger partial charge in [0.2, 0.25) is 5.91 Å². The van der Waals surface area contributed by atoms with Crippen LogP contribution in [0.25, 0.3) is 0 Å². The van der Waals surface area contributed by atoms with Gasteiger partial charge in [-0.3, -0.25) is 14.5 Å². The van der Waals surface area contributed by atoms with Crippen molar-refractivity contribution in [2.75, 3.05) is 31.3 Å². The number of carbonyl (C=O) groups excluding carboxylic acids is 2. The zero-order valence-corrected chi connectivity index (χ0v) is 14.2. The highest BCUT2D eigenvalue weighted by Gasteiger charge is 2.51.